The molecule has 0 radical (unpaired) electrons. The van der Waals surface area contributed by atoms with Crippen molar-refractivity contribution in [1.29, 1.82) is 0 Å². The van der Waals surface area contributed by atoms with E-state index < -0.39 is 11.6 Å². The average Bonchev–Trinajstić information content (AvgIpc) is 3.04. The van der Waals surface area contributed by atoms with Gasteiger partial charge in [-0.2, -0.15) is 0 Å². The van der Waals surface area contributed by atoms with Gasteiger partial charge in [-0.05, 0) is 22.3 Å². The molecule has 4 atom stereocenters. The second-order valence-electron chi connectivity index (χ2n) is 10.4. The standard InChI is InChI=1S/C36H39NO4/c1-2-36(28-38-24-29-15-7-3-8-16-29)35(41-27-32-21-13-6-14-22-32)34(40-26-31-19-11-5-12-20-31)33(23-37-36)39-25-30-17-9-4-10-18-30/h2-22,33-35,37H,1,23-28H2/t33-,34+,35-,36-/m0/s1. The fourth-order valence-corrected chi connectivity index (χ4v) is 5.18. The predicted octanol–water partition coefficient (Wildman–Crippen LogP) is 6.49. The van der Waals surface area contributed by atoms with Crippen LogP contribution in [0.4, 0.5) is 0 Å². The van der Waals surface area contributed by atoms with Crippen molar-refractivity contribution in [2.24, 2.45) is 0 Å². The van der Waals surface area contributed by atoms with Crippen LogP contribution in [0.5, 0.6) is 0 Å². The molecule has 5 nitrogen and oxygen atoms in total. The van der Waals surface area contributed by atoms with Crippen LogP contribution in [0.2, 0.25) is 0 Å². The van der Waals surface area contributed by atoms with Crippen LogP contribution >= 0.6 is 0 Å². The van der Waals surface area contributed by atoms with Crippen LogP contribution in [-0.4, -0.2) is 37.0 Å². The molecule has 1 heterocycles. The summed E-state index contributed by atoms with van der Waals surface area (Å²) in [6.45, 7) is 7.03. The van der Waals surface area contributed by atoms with Crippen molar-refractivity contribution in [2.75, 3.05) is 13.2 Å². The Hall–Kier alpha value is -3.58. The van der Waals surface area contributed by atoms with Gasteiger partial charge in [0.05, 0.1) is 44.7 Å². The maximum atomic E-state index is 6.74. The molecule has 0 aliphatic carbocycles. The summed E-state index contributed by atoms with van der Waals surface area (Å²) in [5, 5.41) is 3.70. The molecular formula is C36H39NO4. The van der Waals surface area contributed by atoms with E-state index in [0.29, 0.717) is 39.6 Å². The third-order valence-corrected chi connectivity index (χ3v) is 7.49. The van der Waals surface area contributed by atoms with E-state index in [-0.39, 0.29) is 12.2 Å². The molecule has 1 saturated heterocycles. The summed E-state index contributed by atoms with van der Waals surface area (Å²) in [6.07, 6.45) is 0.873. The summed E-state index contributed by atoms with van der Waals surface area (Å²) >= 11 is 0. The van der Waals surface area contributed by atoms with Gasteiger partial charge in [0.15, 0.2) is 0 Å². The average molecular weight is 550 g/mol. The Kier molecular flexibility index (Phi) is 10.5. The molecule has 0 spiro atoms. The molecule has 1 aliphatic rings. The topological polar surface area (TPSA) is 49.0 Å². The number of rotatable bonds is 14. The van der Waals surface area contributed by atoms with Gasteiger partial charge < -0.3 is 24.3 Å². The smallest absolute Gasteiger partial charge is 0.114 e. The van der Waals surface area contributed by atoms with E-state index in [9.17, 15) is 0 Å². The van der Waals surface area contributed by atoms with Gasteiger partial charge in [-0.1, -0.05) is 127 Å². The SMILES string of the molecule is C=C[C@@]1(COCc2ccccc2)NC[C@H](OCc2ccccc2)[C@@H](OCc2ccccc2)[C@@H]1OCc1ccccc1. The second kappa shape index (κ2) is 14.9. The van der Waals surface area contributed by atoms with Crippen molar-refractivity contribution in [1.82, 2.24) is 5.32 Å². The highest BCUT2D eigenvalue weighted by atomic mass is 16.6. The maximum Gasteiger partial charge on any atom is 0.114 e. The Morgan fingerprint density at radius 3 is 1.54 bits per heavy atom. The Morgan fingerprint density at radius 2 is 1.05 bits per heavy atom. The molecule has 212 valence electrons. The number of piperidine rings is 1. The summed E-state index contributed by atoms with van der Waals surface area (Å²) in [5.74, 6) is 0. The zero-order chi connectivity index (χ0) is 28.2. The van der Waals surface area contributed by atoms with Crippen LogP contribution in [0.15, 0.2) is 134 Å². The Labute approximate surface area is 243 Å². The zero-order valence-corrected chi connectivity index (χ0v) is 23.4. The minimum atomic E-state index is -0.683. The second-order valence-corrected chi connectivity index (χ2v) is 10.4. The monoisotopic (exact) mass is 549 g/mol. The molecule has 4 aromatic rings. The molecule has 1 aliphatic heterocycles. The fourth-order valence-electron chi connectivity index (χ4n) is 5.18. The summed E-state index contributed by atoms with van der Waals surface area (Å²) in [5.41, 5.74) is 3.73. The lowest BCUT2D eigenvalue weighted by atomic mass is 9.82. The number of hydrogen-bond acceptors (Lipinski definition) is 5. The van der Waals surface area contributed by atoms with Gasteiger partial charge in [0.2, 0.25) is 0 Å². The Balaban J connectivity index is 1.40. The van der Waals surface area contributed by atoms with E-state index >= 15 is 0 Å². The number of benzene rings is 4. The first-order valence-corrected chi connectivity index (χ1v) is 14.2. The van der Waals surface area contributed by atoms with Crippen molar-refractivity contribution in [3.05, 3.63) is 156 Å². The van der Waals surface area contributed by atoms with Crippen molar-refractivity contribution in [2.45, 2.75) is 50.3 Å². The zero-order valence-electron chi connectivity index (χ0n) is 23.4. The first-order valence-electron chi connectivity index (χ1n) is 14.2. The molecular weight excluding hydrogens is 510 g/mol. The van der Waals surface area contributed by atoms with Crippen LogP contribution in [0, 0.1) is 0 Å². The van der Waals surface area contributed by atoms with Crippen molar-refractivity contribution < 1.29 is 18.9 Å². The van der Waals surface area contributed by atoms with Crippen LogP contribution in [0.25, 0.3) is 0 Å². The molecule has 1 N–H and O–H groups in total. The normalized spacial score (nSPS) is 22.3. The third kappa shape index (κ3) is 8.00. The molecule has 0 unspecified atom stereocenters. The molecule has 0 aromatic heterocycles. The van der Waals surface area contributed by atoms with Gasteiger partial charge in [-0.15, -0.1) is 6.58 Å². The quantitative estimate of drug-likeness (QED) is 0.182. The van der Waals surface area contributed by atoms with E-state index in [1.165, 1.54) is 0 Å². The highest BCUT2D eigenvalue weighted by molar-refractivity contribution is 5.20. The Bertz CT molecular complexity index is 1300. The predicted molar refractivity (Wildman–Crippen MR) is 162 cm³/mol. The fraction of sp³-hybridized carbons (Fsp3) is 0.278. The van der Waals surface area contributed by atoms with Gasteiger partial charge in [0.25, 0.3) is 0 Å². The number of ether oxygens (including phenoxy) is 4. The van der Waals surface area contributed by atoms with E-state index in [1.807, 2.05) is 78.9 Å². The lowest BCUT2D eigenvalue weighted by molar-refractivity contribution is -0.195. The molecule has 5 rings (SSSR count). The van der Waals surface area contributed by atoms with E-state index in [1.54, 1.807) is 0 Å². The molecule has 0 bridgehead atoms. The van der Waals surface area contributed by atoms with E-state index in [2.05, 4.69) is 60.4 Å². The Morgan fingerprint density at radius 1 is 0.610 bits per heavy atom. The summed E-state index contributed by atoms with van der Waals surface area (Å²) in [6, 6.07) is 40.8. The van der Waals surface area contributed by atoms with Crippen LogP contribution in [-0.2, 0) is 45.4 Å². The summed E-state index contributed by atoms with van der Waals surface area (Å²) in [4.78, 5) is 0. The third-order valence-electron chi connectivity index (χ3n) is 7.49. The minimum absolute atomic E-state index is 0.248. The lowest BCUT2D eigenvalue weighted by Gasteiger charge is -2.49. The lowest BCUT2D eigenvalue weighted by Crippen LogP contribution is -2.70. The van der Waals surface area contributed by atoms with Crippen molar-refractivity contribution in [3.8, 4) is 0 Å². The van der Waals surface area contributed by atoms with Crippen molar-refractivity contribution in [3.63, 3.8) is 0 Å². The van der Waals surface area contributed by atoms with E-state index in [0.717, 1.165) is 22.3 Å². The molecule has 0 saturated carbocycles. The molecule has 4 aromatic carbocycles. The number of nitrogens with one attached hydrogen (secondary N) is 1. The first kappa shape index (κ1) is 28.9. The highest BCUT2D eigenvalue weighted by Crippen LogP contribution is 2.31. The van der Waals surface area contributed by atoms with Gasteiger partial charge >= 0.3 is 0 Å². The van der Waals surface area contributed by atoms with Gasteiger partial charge in [0, 0.05) is 6.54 Å². The van der Waals surface area contributed by atoms with Gasteiger partial charge in [-0.25, -0.2) is 0 Å². The van der Waals surface area contributed by atoms with Crippen molar-refractivity contribution >= 4 is 0 Å². The first-order chi connectivity index (χ1) is 20.3. The number of hydrogen-bond donors (Lipinski definition) is 1. The summed E-state index contributed by atoms with van der Waals surface area (Å²) < 4.78 is 26.3. The van der Waals surface area contributed by atoms with Gasteiger partial charge in [0.1, 0.15) is 12.2 Å². The van der Waals surface area contributed by atoms with Crippen LogP contribution < -0.4 is 5.32 Å². The highest BCUT2D eigenvalue weighted by Gasteiger charge is 2.50. The molecule has 41 heavy (non-hydrogen) atoms. The maximum absolute atomic E-state index is 6.74. The van der Waals surface area contributed by atoms with Crippen LogP contribution in [0.3, 0.4) is 0 Å². The van der Waals surface area contributed by atoms with E-state index in [4.69, 9.17) is 18.9 Å². The summed E-state index contributed by atoms with van der Waals surface area (Å²) in [7, 11) is 0. The largest absolute Gasteiger partial charge is 0.374 e. The van der Waals surface area contributed by atoms with Gasteiger partial charge in [-0.3, -0.25) is 0 Å². The molecule has 0 amide bonds. The van der Waals surface area contributed by atoms with Crippen LogP contribution in [0.1, 0.15) is 22.3 Å². The minimum Gasteiger partial charge on any atom is -0.374 e. The molecule has 1 fully saturated rings. The molecule has 5 heteroatoms.